The molecule has 4 nitrogen and oxygen atoms in total. The number of hydrogen-bond acceptors (Lipinski definition) is 3. The molecule has 1 aliphatic carbocycles. The van der Waals surface area contributed by atoms with Crippen LogP contribution in [0.4, 0.5) is 5.69 Å². The van der Waals surface area contributed by atoms with Crippen LogP contribution in [-0.2, 0) is 0 Å². The highest BCUT2D eigenvalue weighted by Crippen LogP contribution is 2.22. The molecule has 110 valence electrons. The normalized spacial score (nSPS) is 17.4. The van der Waals surface area contributed by atoms with E-state index in [0.29, 0.717) is 18.2 Å². The van der Waals surface area contributed by atoms with Crippen molar-refractivity contribution in [3.63, 3.8) is 0 Å². The average molecular weight is 276 g/mol. The summed E-state index contributed by atoms with van der Waals surface area (Å²) in [5, 5.41) is 15.7. The molecule has 0 aliphatic heterocycles. The van der Waals surface area contributed by atoms with Crippen molar-refractivity contribution >= 4 is 11.6 Å². The molecule has 0 spiro atoms. The molecule has 2 rings (SSSR count). The first-order valence-electron chi connectivity index (χ1n) is 7.32. The Morgan fingerprint density at radius 3 is 2.80 bits per heavy atom. The summed E-state index contributed by atoms with van der Waals surface area (Å²) < 4.78 is 0. The SMILES string of the molecule is CCC(C)(CO)CNc1cccc(C(=O)NC2CC2)c1. The van der Waals surface area contributed by atoms with Gasteiger partial charge in [0.25, 0.3) is 5.91 Å². The standard InChI is InChI=1S/C16H24N2O2/c1-3-16(2,11-19)10-17-14-6-4-5-12(9-14)15(20)18-13-7-8-13/h4-6,9,13,17,19H,3,7-8,10-11H2,1-2H3,(H,18,20). The molecule has 1 fully saturated rings. The van der Waals surface area contributed by atoms with Crippen LogP contribution in [0.2, 0.25) is 0 Å². The van der Waals surface area contributed by atoms with Gasteiger partial charge in [-0.1, -0.05) is 19.9 Å². The van der Waals surface area contributed by atoms with Gasteiger partial charge >= 0.3 is 0 Å². The second-order valence-electron chi connectivity index (χ2n) is 6.00. The van der Waals surface area contributed by atoms with Crippen molar-refractivity contribution in [1.29, 1.82) is 0 Å². The average Bonchev–Trinajstić information content (AvgIpc) is 3.29. The van der Waals surface area contributed by atoms with E-state index in [1.54, 1.807) is 0 Å². The van der Waals surface area contributed by atoms with Crippen molar-refractivity contribution in [3.8, 4) is 0 Å². The third-order valence-corrected chi connectivity index (χ3v) is 3.99. The summed E-state index contributed by atoms with van der Waals surface area (Å²) in [5.74, 6) is -0.00318. The second kappa shape index (κ2) is 6.27. The molecule has 0 heterocycles. The highest BCUT2D eigenvalue weighted by molar-refractivity contribution is 5.95. The number of hydrogen-bond donors (Lipinski definition) is 3. The molecule has 1 aromatic carbocycles. The Hall–Kier alpha value is -1.55. The smallest absolute Gasteiger partial charge is 0.251 e. The summed E-state index contributed by atoms with van der Waals surface area (Å²) in [4.78, 5) is 12.0. The van der Waals surface area contributed by atoms with Crippen LogP contribution in [0.3, 0.4) is 0 Å². The number of anilines is 1. The van der Waals surface area contributed by atoms with E-state index >= 15 is 0 Å². The fourth-order valence-corrected chi connectivity index (χ4v) is 1.87. The van der Waals surface area contributed by atoms with Crippen LogP contribution >= 0.6 is 0 Å². The minimum absolute atomic E-state index is 0.00318. The van der Waals surface area contributed by atoms with E-state index < -0.39 is 0 Å². The van der Waals surface area contributed by atoms with Crippen LogP contribution in [0.15, 0.2) is 24.3 Å². The van der Waals surface area contributed by atoms with Crippen LogP contribution in [-0.4, -0.2) is 30.2 Å². The second-order valence-corrected chi connectivity index (χ2v) is 6.00. The van der Waals surface area contributed by atoms with Crippen LogP contribution in [0.5, 0.6) is 0 Å². The third kappa shape index (κ3) is 3.97. The highest BCUT2D eigenvalue weighted by atomic mass is 16.3. The van der Waals surface area contributed by atoms with Crippen molar-refractivity contribution in [2.45, 2.75) is 39.2 Å². The molecule has 1 aromatic rings. The Morgan fingerprint density at radius 1 is 1.45 bits per heavy atom. The Morgan fingerprint density at radius 2 is 2.20 bits per heavy atom. The van der Waals surface area contributed by atoms with Crippen molar-refractivity contribution in [2.24, 2.45) is 5.41 Å². The van der Waals surface area contributed by atoms with Crippen LogP contribution in [0.25, 0.3) is 0 Å². The van der Waals surface area contributed by atoms with Crippen molar-refractivity contribution in [2.75, 3.05) is 18.5 Å². The molecule has 20 heavy (non-hydrogen) atoms. The number of aliphatic hydroxyl groups excluding tert-OH is 1. The number of rotatable bonds is 7. The topological polar surface area (TPSA) is 61.4 Å². The molecule has 1 unspecified atom stereocenters. The van der Waals surface area contributed by atoms with Gasteiger partial charge in [0.1, 0.15) is 0 Å². The number of benzene rings is 1. The fraction of sp³-hybridized carbons (Fsp3) is 0.562. The predicted molar refractivity (Wildman–Crippen MR) is 80.9 cm³/mol. The maximum atomic E-state index is 12.0. The number of nitrogens with one attached hydrogen (secondary N) is 2. The molecule has 4 heteroatoms. The van der Waals surface area contributed by atoms with Crippen molar-refractivity contribution < 1.29 is 9.90 Å². The summed E-state index contributed by atoms with van der Waals surface area (Å²) in [6.45, 7) is 4.95. The number of carbonyl (C=O) groups excluding carboxylic acids is 1. The first-order chi connectivity index (χ1) is 9.56. The number of aliphatic hydroxyl groups is 1. The molecule has 0 radical (unpaired) electrons. The first-order valence-corrected chi connectivity index (χ1v) is 7.32. The number of amides is 1. The molecule has 0 aromatic heterocycles. The van der Waals surface area contributed by atoms with Gasteiger partial charge in [-0.2, -0.15) is 0 Å². The van der Waals surface area contributed by atoms with Gasteiger partial charge in [0.05, 0.1) is 6.61 Å². The lowest BCUT2D eigenvalue weighted by molar-refractivity contribution is 0.0951. The van der Waals surface area contributed by atoms with E-state index in [0.717, 1.165) is 24.9 Å². The lowest BCUT2D eigenvalue weighted by Crippen LogP contribution is -2.29. The molecule has 1 atom stereocenters. The molecule has 3 N–H and O–H groups in total. The molecule has 1 aliphatic rings. The van der Waals surface area contributed by atoms with Gasteiger partial charge in [0.15, 0.2) is 0 Å². The Labute approximate surface area is 120 Å². The van der Waals surface area contributed by atoms with E-state index in [1.165, 1.54) is 0 Å². The van der Waals surface area contributed by atoms with E-state index in [-0.39, 0.29) is 17.9 Å². The van der Waals surface area contributed by atoms with Gasteiger partial charge in [0.2, 0.25) is 0 Å². The summed E-state index contributed by atoms with van der Waals surface area (Å²) in [6, 6.07) is 7.89. The molecule has 1 amide bonds. The molecule has 0 saturated heterocycles. The number of carbonyl (C=O) groups is 1. The van der Waals surface area contributed by atoms with Crippen molar-refractivity contribution in [3.05, 3.63) is 29.8 Å². The van der Waals surface area contributed by atoms with Gasteiger partial charge < -0.3 is 15.7 Å². The van der Waals surface area contributed by atoms with E-state index in [2.05, 4.69) is 17.6 Å². The monoisotopic (exact) mass is 276 g/mol. The molecule has 1 saturated carbocycles. The van der Waals surface area contributed by atoms with Gasteiger partial charge in [-0.25, -0.2) is 0 Å². The Kier molecular flexibility index (Phi) is 4.65. The quantitative estimate of drug-likeness (QED) is 0.716. The van der Waals surface area contributed by atoms with E-state index in [4.69, 9.17) is 0 Å². The molecular formula is C16H24N2O2. The zero-order valence-electron chi connectivity index (χ0n) is 12.3. The lowest BCUT2D eigenvalue weighted by atomic mass is 9.88. The van der Waals surface area contributed by atoms with Crippen LogP contribution in [0, 0.1) is 5.41 Å². The van der Waals surface area contributed by atoms with E-state index in [9.17, 15) is 9.90 Å². The zero-order chi connectivity index (χ0) is 14.6. The zero-order valence-corrected chi connectivity index (χ0v) is 12.3. The summed E-state index contributed by atoms with van der Waals surface area (Å²) >= 11 is 0. The highest BCUT2D eigenvalue weighted by Gasteiger charge is 2.24. The van der Waals surface area contributed by atoms with Gasteiger partial charge in [-0.15, -0.1) is 0 Å². The molecule has 0 bridgehead atoms. The van der Waals surface area contributed by atoms with Gasteiger partial charge in [0, 0.05) is 29.3 Å². The molecular weight excluding hydrogens is 252 g/mol. The van der Waals surface area contributed by atoms with Crippen molar-refractivity contribution in [1.82, 2.24) is 5.32 Å². The van der Waals surface area contributed by atoms with Gasteiger partial charge in [-0.3, -0.25) is 4.79 Å². The maximum absolute atomic E-state index is 12.0. The van der Waals surface area contributed by atoms with Crippen LogP contribution in [0.1, 0.15) is 43.5 Å². The lowest BCUT2D eigenvalue weighted by Gasteiger charge is -2.26. The summed E-state index contributed by atoms with van der Waals surface area (Å²) in [7, 11) is 0. The summed E-state index contributed by atoms with van der Waals surface area (Å²) in [6.07, 6.45) is 3.09. The summed E-state index contributed by atoms with van der Waals surface area (Å²) in [5.41, 5.74) is 1.47. The fourth-order valence-electron chi connectivity index (χ4n) is 1.87. The minimum atomic E-state index is -0.133. The third-order valence-electron chi connectivity index (χ3n) is 3.99. The van der Waals surface area contributed by atoms with Crippen LogP contribution < -0.4 is 10.6 Å². The predicted octanol–water partition coefficient (Wildman–Crippen LogP) is 2.40. The van der Waals surface area contributed by atoms with E-state index in [1.807, 2.05) is 31.2 Å². The minimum Gasteiger partial charge on any atom is -0.396 e. The largest absolute Gasteiger partial charge is 0.396 e. The first kappa shape index (κ1) is 14.9. The maximum Gasteiger partial charge on any atom is 0.251 e. The Bertz CT molecular complexity index is 465. The van der Waals surface area contributed by atoms with Gasteiger partial charge in [-0.05, 0) is 37.5 Å². The Balaban J connectivity index is 1.96.